The van der Waals surface area contributed by atoms with Crippen LogP contribution in [0.1, 0.15) is 57.3 Å². The summed E-state index contributed by atoms with van der Waals surface area (Å²) in [5.74, 6) is -3.02. The molecule has 0 saturated heterocycles. The topological polar surface area (TPSA) is 151 Å². The van der Waals surface area contributed by atoms with Crippen LogP contribution in [0.2, 0.25) is 0 Å². The monoisotopic (exact) mass is 606 g/mol. The van der Waals surface area contributed by atoms with Crippen LogP contribution < -0.4 is 10.6 Å². The molecule has 236 valence electrons. The normalized spacial score (nSPS) is 29.1. The number of aromatic hydroxyl groups is 1. The minimum absolute atomic E-state index is 0.0303. The van der Waals surface area contributed by atoms with E-state index >= 15 is 0 Å². The van der Waals surface area contributed by atoms with E-state index in [-0.39, 0.29) is 52.6 Å². The lowest BCUT2D eigenvalue weighted by molar-refractivity contribution is -0.120. The standard InChI is InChI=1S/C34H42N2O8/c1-19-14-22(4)31(39)29(44-6)17-20(2)16-26-30(36-34(42)23-10-12-24(37)13-11-23)28(38)18-27(32(26)40)35-33(41)21(3)8-7-9-25(15-19)43-5/h7-14,18,20,22,25,29,31,37,39H,15-17H2,1-6H3,(H,35,41)(H,36,42)/b9-7-,19-14+,21-8+/t20-,22+,25+,29+,31-/m1/s1. The van der Waals surface area contributed by atoms with Gasteiger partial charge in [0.2, 0.25) is 11.6 Å². The summed E-state index contributed by atoms with van der Waals surface area (Å²) in [4.78, 5) is 53.1. The molecule has 1 heterocycles. The Morgan fingerprint density at radius 2 is 1.70 bits per heavy atom. The smallest absolute Gasteiger partial charge is 0.255 e. The van der Waals surface area contributed by atoms with E-state index in [1.807, 2.05) is 32.9 Å². The third-order valence-corrected chi connectivity index (χ3v) is 7.77. The molecule has 2 aliphatic rings. The zero-order chi connectivity index (χ0) is 32.6. The summed E-state index contributed by atoms with van der Waals surface area (Å²) in [6.45, 7) is 7.30. The molecule has 5 atom stereocenters. The molecule has 1 aliphatic heterocycles. The second-order valence-electron chi connectivity index (χ2n) is 11.5. The fourth-order valence-electron chi connectivity index (χ4n) is 5.24. The van der Waals surface area contributed by atoms with E-state index in [0.717, 1.165) is 11.6 Å². The molecular weight excluding hydrogens is 564 g/mol. The number of amides is 2. The second-order valence-corrected chi connectivity index (χ2v) is 11.5. The summed E-state index contributed by atoms with van der Waals surface area (Å²) in [5, 5.41) is 25.9. The molecule has 0 aromatic heterocycles. The molecular formula is C34H42N2O8. The number of hydrogen-bond acceptors (Lipinski definition) is 8. The fraction of sp³-hybridized carbons (Fsp3) is 0.412. The second kappa shape index (κ2) is 15.6. The van der Waals surface area contributed by atoms with Crippen LogP contribution in [0.15, 0.2) is 82.8 Å². The summed E-state index contributed by atoms with van der Waals surface area (Å²) >= 11 is 0. The van der Waals surface area contributed by atoms with Crippen molar-refractivity contribution in [3.8, 4) is 5.75 Å². The predicted molar refractivity (Wildman–Crippen MR) is 165 cm³/mol. The molecule has 4 N–H and O–H groups in total. The van der Waals surface area contributed by atoms with E-state index in [2.05, 4.69) is 10.6 Å². The highest BCUT2D eigenvalue weighted by molar-refractivity contribution is 6.24. The van der Waals surface area contributed by atoms with Gasteiger partial charge in [0.25, 0.3) is 11.8 Å². The van der Waals surface area contributed by atoms with Gasteiger partial charge in [-0.3, -0.25) is 19.2 Å². The van der Waals surface area contributed by atoms with Crippen molar-refractivity contribution in [3.63, 3.8) is 0 Å². The molecule has 2 bridgehead atoms. The number of fused-ring (bicyclic) bond motifs is 2. The molecule has 0 fully saturated rings. The van der Waals surface area contributed by atoms with Crippen molar-refractivity contribution < 1.29 is 38.9 Å². The summed E-state index contributed by atoms with van der Waals surface area (Å²) in [6.07, 6.45) is 7.33. The van der Waals surface area contributed by atoms with Gasteiger partial charge < -0.3 is 30.3 Å². The van der Waals surface area contributed by atoms with Gasteiger partial charge in [0.15, 0.2) is 0 Å². The van der Waals surface area contributed by atoms with Crippen molar-refractivity contribution in [1.29, 1.82) is 0 Å². The van der Waals surface area contributed by atoms with Crippen LogP contribution in [-0.4, -0.2) is 66.1 Å². The lowest BCUT2D eigenvalue weighted by atomic mass is 9.85. The molecule has 1 aromatic carbocycles. The van der Waals surface area contributed by atoms with Crippen LogP contribution in [0.25, 0.3) is 0 Å². The Balaban J connectivity index is 2.04. The molecule has 0 radical (unpaired) electrons. The third-order valence-electron chi connectivity index (χ3n) is 7.77. The Morgan fingerprint density at radius 3 is 2.34 bits per heavy atom. The third kappa shape index (κ3) is 8.95. The average Bonchev–Trinajstić information content (AvgIpc) is 2.98. The Bertz CT molecular complexity index is 1420. The maximum atomic E-state index is 13.8. The lowest BCUT2D eigenvalue weighted by Crippen LogP contribution is -2.38. The first-order chi connectivity index (χ1) is 20.8. The summed E-state index contributed by atoms with van der Waals surface area (Å²) < 4.78 is 11.2. The first-order valence-electron chi connectivity index (χ1n) is 14.6. The number of benzene rings is 1. The maximum absolute atomic E-state index is 13.8. The zero-order valence-corrected chi connectivity index (χ0v) is 26.0. The van der Waals surface area contributed by atoms with Crippen LogP contribution in [0.3, 0.4) is 0 Å². The van der Waals surface area contributed by atoms with Crippen LogP contribution in [0.5, 0.6) is 5.75 Å². The van der Waals surface area contributed by atoms with Crippen molar-refractivity contribution in [2.75, 3.05) is 14.2 Å². The van der Waals surface area contributed by atoms with Crippen LogP contribution in [0.4, 0.5) is 0 Å². The molecule has 1 aliphatic carbocycles. The van der Waals surface area contributed by atoms with Crippen molar-refractivity contribution in [2.24, 2.45) is 11.8 Å². The number of methoxy groups -OCH3 is 2. The largest absolute Gasteiger partial charge is 0.508 e. The van der Waals surface area contributed by atoms with E-state index in [1.54, 1.807) is 26.2 Å². The molecule has 44 heavy (non-hydrogen) atoms. The minimum atomic E-state index is -0.859. The number of ketones is 2. The van der Waals surface area contributed by atoms with Gasteiger partial charge in [0, 0.05) is 42.9 Å². The van der Waals surface area contributed by atoms with E-state index in [1.165, 1.54) is 31.4 Å². The maximum Gasteiger partial charge on any atom is 0.255 e. The number of aliphatic hydroxyl groups is 1. The number of nitrogens with one attached hydrogen (secondary N) is 2. The van der Waals surface area contributed by atoms with Gasteiger partial charge in [0.05, 0.1) is 29.7 Å². The summed E-state index contributed by atoms with van der Waals surface area (Å²) in [5.41, 5.74) is 1.12. The zero-order valence-electron chi connectivity index (χ0n) is 26.0. The van der Waals surface area contributed by atoms with Gasteiger partial charge >= 0.3 is 0 Å². The fourth-order valence-corrected chi connectivity index (χ4v) is 5.24. The highest BCUT2D eigenvalue weighted by Gasteiger charge is 2.33. The van der Waals surface area contributed by atoms with Crippen molar-refractivity contribution in [1.82, 2.24) is 10.6 Å². The Hall–Kier alpha value is -4.12. The van der Waals surface area contributed by atoms with Crippen LogP contribution >= 0.6 is 0 Å². The molecule has 2 amide bonds. The van der Waals surface area contributed by atoms with E-state index in [0.29, 0.717) is 18.4 Å². The first-order valence-corrected chi connectivity index (χ1v) is 14.6. The number of phenols is 1. The molecule has 3 rings (SSSR count). The first kappa shape index (κ1) is 34.4. The number of allylic oxidation sites excluding steroid dienone is 4. The van der Waals surface area contributed by atoms with E-state index in [4.69, 9.17) is 9.47 Å². The number of rotatable bonds is 4. The van der Waals surface area contributed by atoms with E-state index < -0.39 is 35.6 Å². The lowest BCUT2D eigenvalue weighted by Gasteiger charge is -2.29. The Labute approximate surface area is 258 Å². The molecule has 0 unspecified atom stereocenters. The van der Waals surface area contributed by atoms with Gasteiger partial charge in [-0.15, -0.1) is 0 Å². The van der Waals surface area contributed by atoms with Gasteiger partial charge in [-0.05, 0) is 63.3 Å². The Kier molecular flexibility index (Phi) is 12.2. The quantitative estimate of drug-likeness (QED) is 0.298. The molecule has 10 heteroatoms. The number of ether oxygens (including phenoxy) is 2. The number of carbonyl (C=O) groups excluding carboxylic acids is 4. The number of Topliss-reactive ketones (excluding diaryl/α,β-unsaturated/α-hetero) is 1. The number of aliphatic hydroxyl groups excluding tert-OH is 1. The average molecular weight is 607 g/mol. The Morgan fingerprint density at radius 1 is 1.02 bits per heavy atom. The van der Waals surface area contributed by atoms with Crippen molar-refractivity contribution in [3.05, 3.63) is 88.3 Å². The van der Waals surface area contributed by atoms with Gasteiger partial charge in [-0.1, -0.05) is 43.7 Å². The summed E-state index contributed by atoms with van der Waals surface area (Å²) in [6, 6.07) is 5.45. The molecule has 1 aromatic rings. The SMILES string of the molecule is CO[C@H]1C[C@H](C)CC2=C(NC(=O)c3ccc(O)cc3)C(=O)C=C(NC(=O)/C(C)=C/C=C\[C@H](OC)C/C(C)=C/[C@H](C)[C@H]1O)C2=O. The van der Waals surface area contributed by atoms with E-state index in [9.17, 15) is 29.4 Å². The van der Waals surface area contributed by atoms with Crippen LogP contribution in [0, 0.1) is 11.8 Å². The number of hydrogen-bond donors (Lipinski definition) is 4. The predicted octanol–water partition coefficient (Wildman–Crippen LogP) is 3.82. The van der Waals surface area contributed by atoms with Crippen LogP contribution in [-0.2, 0) is 23.9 Å². The van der Waals surface area contributed by atoms with Crippen molar-refractivity contribution in [2.45, 2.75) is 65.3 Å². The minimum Gasteiger partial charge on any atom is -0.508 e. The van der Waals surface area contributed by atoms with Gasteiger partial charge in [-0.25, -0.2) is 0 Å². The van der Waals surface area contributed by atoms with Gasteiger partial charge in [-0.2, -0.15) is 0 Å². The molecule has 10 nitrogen and oxygen atoms in total. The molecule has 0 spiro atoms. The van der Waals surface area contributed by atoms with Crippen molar-refractivity contribution >= 4 is 23.4 Å². The van der Waals surface area contributed by atoms with Gasteiger partial charge in [0.1, 0.15) is 5.75 Å². The molecule has 0 saturated carbocycles. The number of phenolic OH excluding ortho intramolecular Hbond substituents is 1. The number of carbonyl (C=O) groups is 4. The highest BCUT2D eigenvalue weighted by atomic mass is 16.5. The highest BCUT2D eigenvalue weighted by Crippen LogP contribution is 2.28. The summed E-state index contributed by atoms with van der Waals surface area (Å²) in [7, 11) is 3.10.